The molecule has 0 saturated carbocycles. The third kappa shape index (κ3) is 11.2. The molecular formula is C21H30Cl3N3O3S. The number of esters is 1. The quantitative estimate of drug-likeness (QED) is 0.110. The number of unbranched alkanes of at least 4 members (excludes halogenated alkanes) is 5. The highest BCUT2D eigenvalue weighted by Gasteiger charge is 2.34. The average Bonchev–Trinajstić information content (AvgIpc) is 2.70. The van der Waals surface area contributed by atoms with Crippen LogP contribution in [0.25, 0.3) is 0 Å². The number of ether oxygens (including phenoxy) is 1. The molecule has 0 fully saturated rings. The van der Waals surface area contributed by atoms with Gasteiger partial charge in [0.25, 0.3) is 0 Å². The van der Waals surface area contributed by atoms with E-state index in [1.165, 1.54) is 19.3 Å². The summed E-state index contributed by atoms with van der Waals surface area (Å²) >= 11 is 23.4. The van der Waals surface area contributed by atoms with E-state index in [2.05, 4.69) is 22.9 Å². The van der Waals surface area contributed by atoms with E-state index >= 15 is 0 Å². The van der Waals surface area contributed by atoms with Gasteiger partial charge in [-0.1, -0.05) is 86.0 Å². The first kappa shape index (κ1) is 27.8. The van der Waals surface area contributed by atoms with Crippen molar-refractivity contribution in [3.05, 3.63) is 29.8 Å². The summed E-state index contributed by atoms with van der Waals surface area (Å²) in [6.07, 6.45) is 5.66. The molecular weight excluding hydrogens is 481 g/mol. The summed E-state index contributed by atoms with van der Waals surface area (Å²) in [6.45, 7) is 4.13. The molecule has 10 heteroatoms. The fraction of sp³-hybridized carbons (Fsp3) is 0.571. The lowest BCUT2D eigenvalue weighted by molar-refractivity contribution is -0.122. The Balaban J connectivity index is 2.66. The van der Waals surface area contributed by atoms with Crippen molar-refractivity contribution in [2.75, 3.05) is 11.9 Å². The van der Waals surface area contributed by atoms with Crippen LogP contribution >= 0.6 is 47.0 Å². The second kappa shape index (κ2) is 14.7. The van der Waals surface area contributed by atoms with Crippen molar-refractivity contribution in [3.8, 4) is 0 Å². The number of thiocarbonyl (C=S) groups is 1. The van der Waals surface area contributed by atoms with Crippen LogP contribution in [-0.4, -0.2) is 33.6 Å². The van der Waals surface area contributed by atoms with Crippen LogP contribution in [0.4, 0.5) is 5.69 Å². The summed E-state index contributed by atoms with van der Waals surface area (Å²) in [5.41, 5.74) is 0.742. The number of hydrogen-bond acceptors (Lipinski definition) is 4. The topological polar surface area (TPSA) is 79.5 Å². The first-order chi connectivity index (χ1) is 14.7. The van der Waals surface area contributed by atoms with Crippen molar-refractivity contribution in [1.82, 2.24) is 10.6 Å². The Kier molecular flexibility index (Phi) is 13.2. The minimum absolute atomic E-state index is 0.0768. The van der Waals surface area contributed by atoms with Crippen LogP contribution < -0.4 is 16.0 Å². The van der Waals surface area contributed by atoms with E-state index < -0.39 is 15.9 Å². The van der Waals surface area contributed by atoms with Crippen LogP contribution in [0.2, 0.25) is 0 Å². The Labute approximate surface area is 204 Å². The maximum atomic E-state index is 12.3. The van der Waals surface area contributed by atoms with Crippen LogP contribution in [0.5, 0.6) is 0 Å². The van der Waals surface area contributed by atoms with E-state index in [1.807, 2.05) is 0 Å². The standard InChI is InChI=1S/C21H30Cl3N3O3S/c1-3-5-6-7-8-9-14-17(28)26-19(21(22,23)24)27-20(31)25-16-13-11-10-12-15(16)18(29)30-4-2/h10-13,19H,3-9,14H2,1-2H3,(H,26,28)(H2,25,27,31). The van der Waals surface area contributed by atoms with Gasteiger partial charge < -0.3 is 20.7 Å². The maximum Gasteiger partial charge on any atom is 0.340 e. The second-order valence-corrected chi connectivity index (χ2v) is 9.70. The number of hydrogen-bond donors (Lipinski definition) is 3. The lowest BCUT2D eigenvalue weighted by Gasteiger charge is -2.28. The molecule has 0 heterocycles. The van der Waals surface area contributed by atoms with Gasteiger partial charge in [0.15, 0.2) is 5.11 Å². The molecule has 0 aliphatic heterocycles. The van der Waals surface area contributed by atoms with E-state index in [0.29, 0.717) is 17.7 Å². The number of benzene rings is 1. The minimum atomic E-state index is -1.84. The SMILES string of the molecule is CCCCCCCCC(=O)NC(NC(=S)Nc1ccccc1C(=O)OCC)C(Cl)(Cl)Cl. The lowest BCUT2D eigenvalue weighted by atomic mass is 10.1. The predicted octanol–water partition coefficient (Wildman–Crippen LogP) is 5.71. The third-order valence-corrected chi connectivity index (χ3v) is 5.21. The normalized spacial score (nSPS) is 12.0. The Morgan fingerprint density at radius 3 is 2.32 bits per heavy atom. The molecule has 0 radical (unpaired) electrons. The zero-order valence-corrected chi connectivity index (χ0v) is 20.9. The molecule has 31 heavy (non-hydrogen) atoms. The van der Waals surface area contributed by atoms with Gasteiger partial charge in [0.2, 0.25) is 9.70 Å². The lowest BCUT2D eigenvalue weighted by Crippen LogP contribution is -2.56. The number of rotatable bonds is 12. The Morgan fingerprint density at radius 1 is 1.03 bits per heavy atom. The molecule has 1 amide bonds. The van der Waals surface area contributed by atoms with Gasteiger partial charge in [0, 0.05) is 6.42 Å². The third-order valence-electron chi connectivity index (χ3n) is 4.34. The molecule has 0 saturated heterocycles. The first-order valence-corrected chi connectivity index (χ1v) is 11.9. The average molecular weight is 511 g/mol. The van der Waals surface area contributed by atoms with E-state index in [1.54, 1.807) is 31.2 Å². The van der Waals surface area contributed by atoms with Crippen LogP contribution in [0.3, 0.4) is 0 Å². The monoisotopic (exact) mass is 509 g/mol. The number of para-hydroxylation sites is 1. The van der Waals surface area contributed by atoms with E-state index in [0.717, 1.165) is 19.3 Å². The van der Waals surface area contributed by atoms with Crippen LogP contribution in [0.15, 0.2) is 24.3 Å². The number of nitrogens with one attached hydrogen (secondary N) is 3. The summed E-state index contributed by atoms with van der Waals surface area (Å²) in [5.74, 6) is -0.729. The van der Waals surface area contributed by atoms with Crippen LogP contribution in [0, 0.1) is 0 Å². The zero-order valence-electron chi connectivity index (χ0n) is 17.8. The van der Waals surface area contributed by atoms with Gasteiger partial charge in [-0.15, -0.1) is 0 Å². The number of halogens is 3. The number of anilines is 1. The molecule has 0 aliphatic carbocycles. The number of carbonyl (C=O) groups excluding carboxylic acids is 2. The predicted molar refractivity (Wildman–Crippen MR) is 132 cm³/mol. The van der Waals surface area contributed by atoms with E-state index in [4.69, 9.17) is 51.8 Å². The molecule has 6 nitrogen and oxygen atoms in total. The zero-order chi connectivity index (χ0) is 23.3. The Bertz CT molecular complexity index is 729. The van der Waals surface area contributed by atoms with E-state index in [-0.39, 0.29) is 17.6 Å². The maximum absolute atomic E-state index is 12.3. The molecule has 1 atom stereocenters. The highest BCUT2D eigenvalue weighted by atomic mass is 35.6. The molecule has 0 bridgehead atoms. The van der Waals surface area contributed by atoms with Gasteiger partial charge in [0.1, 0.15) is 6.17 Å². The highest BCUT2D eigenvalue weighted by Crippen LogP contribution is 2.29. The van der Waals surface area contributed by atoms with Crippen molar-refractivity contribution in [3.63, 3.8) is 0 Å². The molecule has 1 rings (SSSR count). The van der Waals surface area contributed by atoms with Gasteiger partial charge in [-0.3, -0.25) is 4.79 Å². The number of carbonyl (C=O) groups is 2. The minimum Gasteiger partial charge on any atom is -0.462 e. The van der Waals surface area contributed by atoms with Gasteiger partial charge in [-0.25, -0.2) is 4.79 Å². The number of amides is 1. The van der Waals surface area contributed by atoms with Crippen LogP contribution in [0.1, 0.15) is 69.2 Å². The Morgan fingerprint density at radius 2 is 1.68 bits per heavy atom. The number of alkyl halides is 3. The molecule has 0 aromatic heterocycles. The van der Waals surface area contributed by atoms with Crippen molar-refractivity contribution in [2.45, 2.75) is 68.8 Å². The molecule has 1 aromatic carbocycles. The molecule has 0 aliphatic rings. The molecule has 0 spiro atoms. The smallest absolute Gasteiger partial charge is 0.340 e. The molecule has 1 unspecified atom stereocenters. The van der Waals surface area contributed by atoms with E-state index in [9.17, 15) is 9.59 Å². The first-order valence-electron chi connectivity index (χ1n) is 10.4. The summed E-state index contributed by atoms with van der Waals surface area (Å²) in [4.78, 5) is 24.4. The molecule has 174 valence electrons. The van der Waals surface area contributed by atoms with Gasteiger partial charge in [-0.05, 0) is 37.7 Å². The van der Waals surface area contributed by atoms with Crippen molar-refractivity contribution in [2.24, 2.45) is 0 Å². The van der Waals surface area contributed by atoms with Crippen molar-refractivity contribution >= 4 is 69.7 Å². The second-order valence-electron chi connectivity index (χ2n) is 6.92. The van der Waals surface area contributed by atoms with Gasteiger partial charge in [-0.2, -0.15) is 0 Å². The Hall–Kier alpha value is -1.28. The summed E-state index contributed by atoms with van der Waals surface area (Å²) in [5, 5.41) is 8.43. The van der Waals surface area contributed by atoms with Crippen molar-refractivity contribution in [1.29, 1.82) is 0 Å². The molecule has 1 aromatic rings. The fourth-order valence-corrected chi connectivity index (χ4v) is 3.32. The summed E-state index contributed by atoms with van der Waals surface area (Å²) in [6, 6.07) is 6.72. The highest BCUT2D eigenvalue weighted by molar-refractivity contribution is 7.80. The summed E-state index contributed by atoms with van der Waals surface area (Å²) < 4.78 is 3.20. The van der Waals surface area contributed by atoms with Gasteiger partial charge in [0.05, 0.1) is 17.9 Å². The fourth-order valence-electron chi connectivity index (χ4n) is 2.77. The van der Waals surface area contributed by atoms with Crippen LogP contribution in [-0.2, 0) is 9.53 Å². The summed E-state index contributed by atoms with van der Waals surface area (Å²) in [7, 11) is 0. The van der Waals surface area contributed by atoms with Crippen molar-refractivity contribution < 1.29 is 14.3 Å². The largest absolute Gasteiger partial charge is 0.462 e. The molecule has 3 N–H and O–H groups in total. The van der Waals surface area contributed by atoms with Gasteiger partial charge >= 0.3 is 5.97 Å².